The Labute approximate surface area is 118 Å². The first-order valence-electron chi connectivity index (χ1n) is 6.70. The third-order valence-electron chi connectivity index (χ3n) is 2.69. The van der Waals surface area contributed by atoms with Crippen LogP contribution in [-0.2, 0) is 4.79 Å². The molecular weight excluding hydrogens is 258 g/mol. The lowest BCUT2D eigenvalue weighted by Gasteiger charge is -2.13. The van der Waals surface area contributed by atoms with E-state index >= 15 is 0 Å². The van der Waals surface area contributed by atoms with E-state index in [4.69, 9.17) is 9.84 Å². The summed E-state index contributed by atoms with van der Waals surface area (Å²) in [5.74, 6) is -0.444. The van der Waals surface area contributed by atoms with Gasteiger partial charge in [-0.1, -0.05) is 26.8 Å². The number of aliphatic carboxylic acids is 1. The van der Waals surface area contributed by atoms with E-state index < -0.39 is 17.9 Å². The van der Waals surface area contributed by atoms with Gasteiger partial charge in [0, 0.05) is 5.56 Å². The highest BCUT2D eigenvalue weighted by atomic mass is 16.5. The minimum absolute atomic E-state index is 0.338. The van der Waals surface area contributed by atoms with Crippen molar-refractivity contribution in [3.8, 4) is 5.75 Å². The molecule has 0 radical (unpaired) electrons. The predicted octanol–water partition coefficient (Wildman–Crippen LogP) is 2.31. The van der Waals surface area contributed by atoms with Gasteiger partial charge in [-0.3, -0.25) is 4.79 Å². The number of ether oxygens (including phenoxy) is 1. The monoisotopic (exact) mass is 279 g/mol. The van der Waals surface area contributed by atoms with Crippen LogP contribution in [0, 0.1) is 5.92 Å². The van der Waals surface area contributed by atoms with Crippen LogP contribution in [0.15, 0.2) is 24.3 Å². The molecule has 1 atom stereocenters. The molecule has 0 fully saturated rings. The van der Waals surface area contributed by atoms with Gasteiger partial charge in [0.2, 0.25) is 0 Å². The molecule has 0 unspecified atom stereocenters. The largest absolute Gasteiger partial charge is 0.493 e. The number of carboxylic acids is 1. The number of carbonyl (C=O) groups excluding carboxylic acids is 1. The van der Waals surface area contributed by atoms with Crippen molar-refractivity contribution >= 4 is 11.9 Å². The molecule has 5 heteroatoms. The number of nitrogens with one attached hydrogen (secondary N) is 1. The fourth-order valence-corrected chi connectivity index (χ4v) is 1.57. The molecule has 0 saturated carbocycles. The average Bonchev–Trinajstić information content (AvgIpc) is 2.42. The molecule has 110 valence electrons. The Hall–Kier alpha value is -2.04. The second kappa shape index (κ2) is 7.53. The molecular formula is C15H21NO4. The molecule has 0 aromatic heterocycles. The molecule has 1 aromatic rings. The Bertz CT molecular complexity index is 471. The summed E-state index contributed by atoms with van der Waals surface area (Å²) < 4.78 is 5.54. The lowest BCUT2D eigenvalue weighted by atomic mass is 10.1. The lowest BCUT2D eigenvalue weighted by Crippen LogP contribution is -2.40. The maximum atomic E-state index is 12.0. The number of rotatable bonds is 7. The lowest BCUT2D eigenvalue weighted by molar-refractivity contribution is -0.139. The molecule has 1 aromatic carbocycles. The van der Waals surface area contributed by atoms with Crippen molar-refractivity contribution in [1.82, 2.24) is 5.32 Å². The van der Waals surface area contributed by atoms with Crippen molar-refractivity contribution in [2.45, 2.75) is 33.2 Å². The highest BCUT2D eigenvalue weighted by Crippen LogP contribution is 2.14. The van der Waals surface area contributed by atoms with Gasteiger partial charge in [0.05, 0.1) is 6.61 Å². The quantitative estimate of drug-likeness (QED) is 0.803. The summed E-state index contributed by atoms with van der Waals surface area (Å²) in [6, 6.07) is 5.86. The third-order valence-corrected chi connectivity index (χ3v) is 2.69. The van der Waals surface area contributed by atoms with Gasteiger partial charge in [-0.15, -0.1) is 0 Å². The predicted molar refractivity (Wildman–Crippen MR) is 76.0 cm³/mol. The summed E-state index contributed by atoms with van der Waals surface area (Å²) in [6.45, 7) is 6.35. The second-order valence-electron chi connectivity index (χ2n) is 5.01. The van der Waals surface area contributed by atoms with Crippen molar-refractivity contribution in [3.05, 3.63) is 29.8 Å². The fourth-order valence-electron chi connectivity index (χ4n) is 1.57. The number of benzene rings is 1. The van der Waals surface area contributed by atoms with E-state index in [1.165, 1.54) is 0 Å². The number of amides is 1. The zero-order chi connectivity index (χ0) is 15.1. The zero-order valence-electron chi connectivity index (χ0n) is 12.1. The third kappa shape index (κ3) is 4.91. The Morgan fingerprint density at radius 1 is 1.35 bits per heavy atom. The normalized spacial score (nSPS) is 12.0. The smallest absolute Gasteiger partial charge is 0.326 e. The maximum absolute atomic E-state index is 12.0. The molecule has 5 nitrogen and oxygen atoms in total. The topological polar surface area (TPSA) is 75.6 Å². The Balaban J connectivity index is 2.73. The van der Waals surface area contributed by atoms with Gasteiger partial charge in [-0.05, 0) is 30.5 Å². The van der Waals surface area contributed by atoms with Crippen molar-refractivity contribution in [3.63, 3.8) is 0 Å². The summed E-state index contributed by atoms with van der Waals surface area (Å²) >= 11 is 0. The first-order chi connectivity index (χ1) is 9.43. The van der Waals surface area contributed by atoms with E-state index in [1.807, 2.05) is 13.8 Å². The van der Waals surface area contributed by atoms with Gasteiger partial charge in [0.1, 0.15) is 11.8 Å². The Morgan fingerprint density at radius 2 is 2.05 bits per heavy atom. The highest BCUT2D eigenvalue weighted by Gasteiger charge is 2.18. The molecule has 1 rings (SSSR count). The molecule has 0 spiro atoms. The van der Waals surface area contributed by atoms with Crippen LogP contribution in [0.4, 0.5) is 0 Å². The summed E-state index contributed by atoms with van der Waals surface area (Å²) in [5, 5.41) is 11.4. The number of carbonyl (C=O) groups is 2. The van der Waals surface area contributed by atoms with Crippen molar-refractivity contribution in [1.29, 1.82) is 0 Å². The molecule has 0 bridgehead atoms. The summed E-state index contributed by atoms with van der Waals surface area (Å²) in [4.78, 5) is 22.9. The first-order valence-corrected chi connectivity index (χ1v) is 6.70. The summed E-state index contributed by atoms with van der Waals surface area (Å²) in [7, 11) is 0. The zero-order valence-corrected chi connectivity index (χ0v) is 12.1. The minimum Gasteiger partial charge on any atom is -0.493 e. The first kappa shape index (κ1) is 16.0. The van der Waals surface area contributed by atoms with Crippen LogP contribution in [0.3, 0.4) is 0 Å². The molecule has 0 aliphatic rings. The van der Waals surface area contributed by atoms with Gasteiger partial charge in [-0.2, -0.15) is 0 Å². The molecule has 1 amide bonds. The van der Waals surface area contributed by atoms with E-state index in [0.29, 0.717) is 30.3 Å². The fraction of sp³-hybridized carbons (Fsp3) is 0.467. The van der Waals surface area contributed by atoms with Crippen LogP contribution in [0.5, 0.6) is 5.75 Å². The Kier molecular flexibility index (Phi) is 6.03. The summed E-state index contributed by atoms with van der Waals surface area (Å²) in [6.07, 6.45) is 0.338. The van der Waals surface area contributed by atoms with E-state index in [-0.39, 0.29) is 0 Å². The summed E-state index contributed by atoms with van der Waals surface area (Å²) in [5.41, 5.74) is 0.394. The SMILES string of the molecule is CC[C@@H](NC(=O)c1cccc(OCC(C)C)c1)C(=O)O. The molecule has 0 heterocycles. The van der Waals surface area contributed by atoms with Crippen LogP contribution in [0.1, 0.15) is 37.6 Å². The molecule has 2 N–H and O–H groups in total. The van der Waals surface area contributed by atoms with Crippen molar-refractivity contribution in [2.24, 2.45) is 5.92 Å². The number of hydrogen-bond donors (Lipinski definition) is 2. The standard InChI is InChI=1S/C15H21NO4/c1-4-13(15(18)19)16-14(17)11-6-5-7-12(8-11)20-9-10(2)3/h5-8,10,13H,4,9H2,1-3H3,(H,16,17)(H,18,19)/t13-/m1/s1. The van der Waals surface area contributed by atoms with E-state index in [2.05, 4.69) is 5.32 Å². The van der Waals surface area contributed by atoms with Crippen LogP contribution < -0.4 is 10.1 Å². The van der Waals surface area contributed by atoms with Crippen LogP contribution >= 0.6 is 0 Å². The van der Waals surface area contributed by atoms with Crippen molar-refractivity contribution in [2.75, 3.05) is 6.61 Å². The molecule has 0 aliphatic carbocycles. The second-order valence-corrected chi connectivity index (χ2v) is 5.01. The maximum Gasteiger partial charge on any atom is 0.326 e. The van der Waals surface area contributed by atoms with Gasteiger partial charge in [0.25, 0.3) is 5.91 Å². The van der Waals surface area contributed by atoms with Gasteiger partial charge >= 0.3 is 5.97 Å². The molecule has 0 aliphatic heterocycles. The average molecular weight is 279 g/mol. The van der Waals surface area contributed by atoms with Gasteiger partial charge in [-0.25, -0.2) is 4.79 Å². The van der Waals surface area contributed by atoms with Crippen LogP contribution in [0.25, 0.3) is 0 Å². The van der Waals surface area contributed by atoms with Crippen LogP contribution in [0.2, 0.25) is 0 Å². The van der Waals surface area contributed by atoms with Crippen LogP contribution in [-0.4, -0.2) is 29.6 Å². The van der Waals surface area contributed by atoms with Gasteiger partial charge in [0.15, 0.2) is 0 Å². The van der Waals surface area contributed by atoms with Crippen molar-refractivity contribution < 1.29 is 19.4 Å². The van der Waals surface area contributed by atoms with E-state index in [9.17, 15) is 9.59 Å². The highest BCUT2D eigenvalue weighted by molar-refractivity contribution is 5.96. The van der Waals surface area contributed by atoms with E-state index in [0.717, 1.165) is 0 Å². The minimum atomic E-state index is -1.03. The molecule has 0 saturated heterocycles. The number of carboxylic acid groups (broad SMARTS) is 1. The van der Waals surface area contributed by atoms with E-state index in [1.54, 1.807) is 31.2 Å². The Morgan fingerprint density at radius 3 is 2.60 bits per heavy atom. The molecule has 20 heavy (non-hydrogen) atoms. The number of hydrogen-bond acceptors (Lipinski definition) is 3. The van der Waals surface area contributed by atoms with Gasteiger partial charge < -0.3 is 15.2 Å².